The lowest BCUT2D eigenvalue weighted by atomic mass is 9.96. The van der Waals surface area contributed by atoms with Gasteiger partial charge in [0.2, 0.25) is 5.91 Å². The molecule has 0 aromatic carbocycles. The van der Waals surface area contributed by atoms with Crippen LogP contribution in [0.4, 0.5) is 0 Å². The van der Waals surface area contributed by atoms with Gasteiger partial charge in [-0.1, -0.05) is 20.8 Å². The zero-order valence-corrected chi connectivity index (χ0v) is 8.48. The van der Waals surface area contributed by atoms with E-state index in [1.54, 1.807) is 0 Å². The maximum Gasteiger partial charge on any atom is 0.240 e. The van der Waals surface area contributed by atoms with Gasteiger partial charge in [0.25, 0.3) is 0 Å². The van der Waals surface area contributed by atoms with Crippen LogP contribution in [-0.2, 0) is 4.79 Å². The van der Waals surface area contributed by atoms with E-state index in [1.165, 1.54) is 0 Å². The van der Waals surface area contributed by atoms with Crippen LogP contribution in [0.3, 0.4) is 0 Å². The Bertz CT molecular complexity index is 253. The van der Waals surface area contributed by atoms with Crippen LogP contribution in [0.1, 0.15) is 33.6 Å². The van der Waals surface area contributed by atoms with Gasteiger partial charge in [-0.3, -0.25) is 4.79 Å². The molecule has 1 amide bonds. The summed E-state index contributed by atoms with van der Waals surface area (Å²) in [7, 11) is 0. The highest BCUT2D eigenvalue weighted by molar-refractivity contribution is 5.88. The van der Waals surface area contributed by atoms with Gasteiger partial charge in [-0.2, -0.15) is 5.26 Å². The number of carbonyl (C=O) groups is 1. The standard InChI is InChI=1S/C10H16N2O/c1-9(2,3)7-12-8(13)10(6-11)4-5-10/h4-5,7H2,1-3H3,(H,12,13). The summed E-state index contributed by atoms with van der Waals surface area (Å²) in [5.74, 6) is -0.0927. The molecular weight excluding hydrogens is 164 g/mol. The van der Waals surface area contributed by atoms with Crippen LogP contribution in [0.15, 0.2) is 0 Å². The number of hydrogen-bond acceptors (Lipinski definition) is 2. The first-order chi connectivity index (χ1) is 5.90. The summed E-state index contributed by atoms with van der Waals surface area (Å²) in [4.78, 5) is 11.5. The minimum atomic E-state index is -0.675. The molecule has 0 saturated heterocycles. The molecule has 1 fully saturated rings. The Balaban J connectivity index is 2.40. The zero-order chi connectivity index (χ0) is 10.1. The summed E-state index contributed by atoms with van der Waals surface area (Å²) in [6.07, 6.45) is 1.44. The van der Waals surface area contributed by atoms with E-state index in [4.69, 9.17) is 5.26 Å². The lowest BCUT2D eigenvalue weighted by Gasteiger charge is -2.19. The fourth-order valence-electron chi connectivity index (χ4n) is 1.03. The Kier molecular flexibility index (Phi) is 2.34. The third kappa shape index (κ3) is 2.45. The van der Waals surface area contributed by atoms with Crippen molar-refractivity contribution < 1.29 is 4.79 Å². The Hall–Kier alpha value is -1.04. The molecule has 1 rings (SSSR count). The molecule has 1 aliphatic carbocycles. The predicted molar refractivity (Wildman–Crippen MR) is 49.7 cm³/mol. The summed E-state index contributed by atoms with van der Waals surface area (Å²) in [5, 5.41) is 11.6. The van der Waals surface area contributed by atoms with Crippen molar-refractivity contribution in [3.63, 3.8) is 0 Å². The lowest BCUT2D eigenvalue weighted by Crippen LogP contribution is -2.37. The Morgan fingerprint density at radius 1 is 1.54 bits per heavy atom. The molecule has 0 atom stereocenters. The lowest BCUT2D eigenvalue weighted by molar-refractivity contribution is -0.124. The van der Waals surface area contributed by atoms with Crippen LogP contribution in [0, 0.1) is 22.2 Å². The van der Waals surface area contributed by atoms with Crippen molar-refractivity contribution in [3.8, 4) is 6.07 Å². The minimum Gasteiger partial charge on any atom is -0.354 e. The molecule has 13 heavy (non-hydrogen) atoms. The van der Waals surface area contributed by atoms with E-state index in [2.05, 4.69) is 32.2 Å². The fourth-order valence-corrected chi connectivity index (χ4v) is 1.03. The quantitative estimate of drug-likeness (QED) is 0.699. The average Bonchev–Trinajstić information content (AvgIpc) is 2.79. The van der Waals surface area contributed by atoms with Crippen LogP contribution < -0.4 is 5.32 Å². The normalized spacial score (nSPS) is 18.9. The monoisotopic (exact) mass is 180 g/mol. The topological polar surface area (TPSA) is 52.9 Å². The molecule has 72 valence electrons. The van der Waals surface area contributed by atoms with Crippen LogP contribution >= 0.6 is 0 Å². The summed E-state index contributed by atoms with van der Waals surface area (Å²) in [5.41, 5.74) is -0.591. The third-order valence-corrected chi connectivity index (χ3v) is 2.18. The maximum atomic E-state index is 11.5. The number of rotatable bonds is 2. The van der Waals surface area contributed by atoms with E-state index in [0.717, 1.165) is 12.8 Å². The summed E-state index contributed by atoms with van der Waals surface area (Å²) in [6.45, 7) is 6.80. The number of amides is 1. The zero-order valence-electron chi connectivity index (χ0n) is 8.48. The Morgan fingerprint density at radius 2 is 2.08 bits per heavy atom. The molecule has 1 N–H and O–H groups in total. The number of hydrogen-bond donors (Lipinski definition) is 1. The van der Waals surface area contributed by atoms with E-state index in [-0.39, 0.29) is 11.3 Å². The molecule has 0 bridgehead atoms. The van der Waals surface area contributed by atoms with Gasteiger partial charge in [-0.25, -0.2) is 0 Å². The van der Waals surface area contributed by atoms with Crippen molar-refractivity contribution in [2.75, 3.05) is 6.54 Å². The van der Waals surface area contributed by atoms with Crippen molar-refractivity contribution in [1.29, 1.82) is 5.26 Å². The molecule has 3 nitrogen and oxygen atoms in total. The molecule has 0 radical (unpaired) electrons. The second kappa shape index (κ2) is 3.02. The van der Waals surface area contributed by atoms with Gasteiger partial charge in [0.1, 0.15) is 5.41 Å². The van der Waals surface area contributed by atoms with Crippen molar-refractivity contribution in [3.05, 3.63) is 0 Å². The molecule has 1 aliphatic rings. The molecule has 0 heterocycles. The van der Waals surface area contributed by atoms with Gasteiger partial charge in [-0.05, 0) is 18.3 Å². The fraction of sp³-hybridized carbons (Fsp3) is 0.800. The molecule has 0 unspecified atom stereocenters. The highest BCUT2D eigenvalue weighted by Gasteiger charge is 2.50. The smallest absolute Gasteiger partial charge is 0.240 e. The second-order valence-electron chi connectivity index (χ2n) is 4.94. The van der Waals surface area contributed by atoms with E-state index in [9.17, 15) is 4.79 Å². The van der Waals surface area contributed by atoms with Crippen molar-refractivity contribution in [2.45, 2.75) is 33.6 Å². The SMILES string of the molecule is CC(C)(C)CNC(=O)C1(C#N)CC1. The van der Waals surface area contributed by atoms with Crippen molar-refractivity contribution in [2.24, 2.45) is 10.8 Å². The van der Waals surface area contributed by atoms with Crippen LogP contribution in [0.5, 0.6) is 0 Å². The van der Waals surface area contributed by atoms with E-state index in [0.29, 0.717) is 6.54 Å². The van der Waals surface area contributed by atoms with Gasteiger partial charge in [0.05, 0.1) is 6.07 Å². The first-order valence-corrected chi connectivity index (χ1v) is 4.59. The summed E-state index contributed by atoms with van der Waals surface area (Å²) < 4.78 is 0. The molecule has 0 aliphatic heterocycles. The van der Waals surface area contributed by atoms with E-state index >= 15 is 0 Å². The van der Waals surface area contributed by atoms with Crippen LogP contribution in [-0.4, -0.2) is 12.5 Å². The maximum absolute atomic E-state index is 11.5. The van der Waals surface area contributed by atoms with Crippen molar-refractivity contribution in [1.82, 2.24) is 5.32 Å². The third-order valence-electron chi connectivity index (χ3n) is 2.18. The Morgan fingerprint density at radius 3 is 2.38 bits per heavy atom. The molecule has 0 spiro atoms. The first kappa shape index (κ1) is 10.0. The van der Waals surface area contributed by atoms with Crippen LogP contribution in [0.25, 0.3) is 0 Å². The molecular formula is C10H16N2O. The van der Waals surface area contributed by atoms with E-state index in [1.807, 2.05) is 0 Å². The van der Waals surface area contributed by atoms with Gasteiger partial charge in [0.15, 0.2) is 0 Å². The predicted octanol–water partition coefficient (Wildman–Crippen LogP) is 1.45. The molecule has 0 aromatic heterocycles. The minimum absolute atomic E-state index is 0.0845. The number of carbonyl (C=O) groups excluding carboxylic acids is 1. The second-order valence-corrected chi connectivity index (χ2v) is 4.94. The number of nitriles is 1. The summed E-state index contributed by atoms with van der Waals surface area (Å²) in [6, 6.07) is 2.08. The van der Waals surface area contributed by atoms with Gasteiger partial charge >= 0.3 is 0 Å². The Labute approximate surface area is 79.1 Å². The highest BCUT2D eigenvalue weighted by atomic mass is 16.2. The molecule has 1 saturated carbocycles. The van der Waals surface area contributed by atoms with E-state index < -0.39 is 5.41 Å². The van der Waals surface area contributed by atoms with Gasteiger partial charge in [-0.15, -0.1) is 0 Å². The average molecular weight is 180 g/mol. The first-order valence-electron chi connectivity index (χ1n) is 4.59. The number of nitrogens with zero attached hydrogens (tertiary/aromatic N) is 1. The molecule has 0 aromatic rings. The number of nitrogens with one attached hydrogen (secondary N) is 1. The van der Waals surface area contributed by atoms with Gasteiger partial charge in [0, 0.05) is 6.54 Å². The van der Waals surface area contributed by atoms with Crippen molar-refractivity contribution >= 4 is 5.91 Å². The van der Waals surface area contributed by atoms with Crippen LogP contribution in [0.2, 0.25) is 0 Å². The molecule has 3 heteroatoms. The largest absolute Gasteiger partial charge is 0.354 e. The van der Waals surface area contributed by atoms with Gasteiger partial charge < -0.3 is 5.32 Å². The summed E-state index contributed by atoms with van der Waals surface area (Å²) >= 11 is 0. The highest BCUT2D eigenvalue weighted by Crippen LogP contribution is 2.45.